The van der Waals surface area contributed by atoms with Gasteiger partial charge in [-0.3, -0.25) is 0 Å². The van der Waals surface area contributed by atoms with Crippen molar-refractivity contribution in [2.24, 2.45) is 0 Å². The predicted molar refractivity (Wildman–Crippen MR) is 393 cm³/mol. The van der Waals surface area contributed by atoms with Crippen molar-refractivity contribution in [1.29, 1.82) is 0 Å². The second kappa shape index (κ2) is 24.8. The highest BCUT2D eigenvalue weighted by molar-refractivity contribution is 6.62. The third kappa shape index (κ3) is 11.4. The Morgan fingerprint density at radius 1 is 0.271 bits per heavy atom. The van der Waals surface area contributed by atoms with E-state index >= 15 is 0 Å². The minimum absolute atomic E-state index is 0.408. The Kier molecular flexibility index (Phi) is 15.4. The average molecular weight is 1260 g/mol. The molecule has 4 aromatic heterocycles. The maximum Gasteiger partial charge on any atom is 0.494 e. The lowest BCUT2D eigenvalue weighted by atomic mass is 9.79. The summed E-state index contributed by atoms with van der Waals surface area (Å²) in [6.07, 6.45) is 0. The summed E-state index contributed by atoms with van der Waals surface area (Å²) in [6, 6.07) is 104. The lowest BCUT2D eigenvalue weighted by Gasteiger charge is -2.32. The summed E-state index contributed by atoms with van der Waals surface area (Å²) in [5, 5.41) is 5.58. The number of aromatic nitrogens is 8. The molecule has 0 amide bonds. The van der Waals surface area contributed by atoms with Crippen LogP contribution in [0.25, 0.3) is 146 Å². The normalized spacial score (nSPS) is 13.3. The molecule has 5 heterocycles. The van der Waals surface area contributed by atoms with Gasteiger partial charge in [0.05, 0.1) is 33.3 Å². The Hall–Kier alpha value is -11.5. The standard InChI is InChI=1S/C45H37BN4O2.C39H25ClN4/c1-44(2)45(3,4)52-46(51-44)35-26-23-33(24-27-35)43-48-41(31-13-7-5-8-14-31)47-42(49-43)32-21-19-30(20-22-32)34-25-28-40-38(29-34)37-17-11-12-18-39(37)50(40)36-15-9-6-10-16-36;40-31-22-19-29(20-23-31)39-42-37(27-9-3-1-4-10-27)41-38(43-39)28-17-15-26(16-18-28)30-21-24-36-34(25-30)33-13-7-8-14-35(33)44(36)32-11-5-2-6-12-32/h5-29H,1-4H3;1-25H. The van der Waals surface area contributed by atoms with E-state index in [-0.39, 0.29) is 0 Å². The molecular formula is C84H62BClN8O2. The molecule has 17 rings (SSSR count). The van der Waals surface area contributed by atoms with Crippen LogP contribution in [0.15, 0.2) is 303 Å². The zero-order valence-corrected chi connectivity index (χ0v) is 54.0. The molecule has 0 saturated carbocycles. The van der Waals surface area contributed by atoms with Crippen LogP contribution in [0.5, 0.6) is 0 Å². The summed E-state index contributed by atoms with van der Waals surface area (Å²) < 4.78 is 17.2. The Bertz CT molecular complexity index is 5500. The predicted octanol–water partition coefficient (Wildman–Crippen LogP) is 20.2. The van der Waals surface area contributed by atoms with Crippen LogP contribution in [-0.4, -0.2) is 57.4 Å². The summed E-state index contributed by atoms with van der Waals surface area (Å²) in [6.45, 7) is 8.26. The van der Waals surface area contributed by atoms with Crippen molar-refractivity contribution < 1.29 is 9.31 Å². The van der Waals surface area contributed by atoms with Gasteiger partial charge < -0.3 is 18.4 Å². The largest absolute Gasteiger partial charge is 0.494 e. The van der Waals surface area contributed by atoms with E-state index in [2.05, 4.69) is 231 Å². The molecule has 0 radical (unpaired) electrons. The van der Waals surface area contributed by atoms with Crippen molar-refractivity contribution in [3.05, 3.63) is 308 Å². The molecule has 0 aliphatic carbocycles. The van der Waals surface area contributed by atoms with Gasteiger partial charge in [-0.2, -0.15) is 0 Å². The Morgan fingerprint density at radius 2 is 0.542 bits per heavy atom. The highest BCUT2D eigenvalue weighted by atomic mass is 35.5. The van der Waals surface area contributed by atoms with E-state index in [0.29, 0.717) is 40.0 Å². The maximum atomic E-state index is 6.29. The molecule has 460 valence electrons. The summed E-state index contributed by atoms with van der Waals surface area (Å²) >= 11 is 6.15. The Labute approximate surface area is 562 Å². The molecule has 16 aromatic rings. The number of rotatable bonds is 11. The smallest absolute Gasteiger partial charge is 0.399 e. The summed E-state index contributed by atoms with van der Waals surface area (Å²) in [5.74, 6) is 3.71. The Morgan fingerprint density at radius 3 is 0.906 bits per heavy atom. The van der Waals surface area contributed by atoms with E-state index in [9.17, 15) is 0 Å². The van der Waals surface area contributed by atoms with Gasteiger partial charge in [0, 0.05) is 71.3 Å². The SMILES string of the molecule is CC1(C)OB(c2ccc(-c3nc(-c4ccccc4)nc(-c4ccc(-c5ccc6c(c5)c5ccccc5n6-c5ccccc5)cc4)n3)cc2)OC1(C)C.Clc1ccc(-c2nc(-c3ccccc3)nc(-c3ccc(-c4ccc5c(c4)c4ccccc4n5-c4ccccc4)cc3)n2)cc1. The average Bonchev–Trinajstić information content (AvgIpc) is 1.61. The molecule has 12 heteroatoms. The first kappa shape index (κ1) is 59.5. The fourth-order valence-electron chi connectivity index (χ4n) is 12.7. The first-order valence-electron chi connectivity index (χ1n) is 32.2. The van der Waals surface area contributed by atoms with E-state index in [1.54, 1.807) is 0 Å². The van der Waals surface area contributed by atoms with Crippen LogP contribution in [0.4, 0.5) is 0 Å². The summed E-state index contributed by atoms with van der Waals surface area (Å²) in [7, 11) is -0.436. The second-order valence-corrected chi connectivity index (χ2v) is 25.5. The van der Waals surface area contributed by atoms with Crippen LogP contribution in [0.3, 0.4) is 0 Å². The number of hydrogen-bond acceptors (Lipinski definition) is 8. The van der Waals surface area contributed by atoms with Crippen LogP contribution in [-0.2, 0) is 9.31 Å². The number of fused-ring (bicyclic) bond motifs is 6. The van der Waals surface area contributed by atoms with E-state index in [4.69, 9.17) is 50.8 Å². The number of nitrogens with zero attached hydrogens (tertiary/aromatic N) is 8. The summed E-state index contributed by atoms with van der Waals surface area (Å²) in [4.78, 5) is 29.4. The van der Waals surface area contributed by atoms with E-state index in [1.165, 1.54) is 43.6 Å². The number of hydrogen-bond donors (Lipinski definition) is 0. The molecule has 10 nitrogen and oxygen atoms in total. The number of halogens is 1. The van der Waals surface area contributed by atoms with Gasteiger partial charge in [0.25, 0.3) is 0 Å². The second-order valence-electron chi connectivity index (χ2n) is 25.1. The molecule has 0 bridgehead atoms. The van der Waals surface area contributed by atoms with Gasteiger partial charge in [-0.05, 0) is 140 Å². The van der Waals surface area contributed by atoms with Crippen LogP contribution in [0.2, 0.25) is 5.02 Å². The molecule has 96 heavy (non-hydrogen) atoms. The van der Waals surface area contributed by atoms with Gasteiger partial charge in [0.15, 0.2) is 34.9 Å². The monoisotopic (exact) mass is 1260 g/mol. The van der Waals surface area contributed by atoms with E-state index in [1.807, 2.05) is 109 Å². The fraction of sp³-hybridized carbons (Fsp3) is 0.0714. The number of para-hydroxylation sites is 4. The van der Waals surface area contributed by atoms with Gasteiger partial charge in [-0.25, -0.2) is 29.9 Å². The fourth-order valence-corrected chi connectivity index (χ4v) is 12.8. The lowest BCUT2D eigenvalue weighted by molar-refractivity contribution is 0.00578. The molecular weight excluding hydrogens is 1200 g/mol. The first-order chi connectivity index (χ1) is 46.9. The van der Waals surface area contributed by atoms with Gasteiger partial charge in [-0.15, -0.1) is 0 Å². The quantitative estimate of drug-likeness (QED) is 0.118. The minimum Gasteiger partial charge on any atom is -0.399 e. The molecule has 0 unspecified atom stereocenters. The zero-order valence-electron chi connectivity index (χ0n) is 53.2. The van der Waals surface area contributed by atoms with Gasteiger partial charge in [0.1, 0.15) is 0 Å². The van der Waals surface area contributed by atoms with Crippen LogP contribution in [0.1, 0.15) is 27.7 Å². The summed E-state index contributed by atoms with van der Waals surface area (Å²) in [5.41, 5.74) is 17.2. The third-order valence-electron chi connectivity index (χ3n) is 18.5. The highest BCUT2D eigenvalue weighted by Crippen LogP contribution is 2.40. The molecule has 1 aliphatic rings. The molecule has 12 aromatic carbocycles. The van der Waals surface area contributed by atoms with Crippen molar-refractivity contribution in [2.75, 3.05) is 0 Å². The lowest BCUT2D eigenvalue weighted by Crippen LogP contribution is -2.41. The molecule has 1 aliphatic heterocycles. The van der Waals surface area contributed by atoms with Gasteiger partial charge >= 0.3 is 7.12 Å². The van der Waals surface area contributed by atoms with Crippen molar-refractivity contribution >= 4 is 67.8 Å². The van der Waals surface area contributed by atoms with E-state index < -0.39 is 18.3 Å². The molecule has 1 saturated heterocycles. The third-order valence-corrected chi connectivity index (χ3v) is 18.7. The topological polar surface area (TPSA) is 106 Å². The highest BCUT2D eigenvalue weighted by Gasteiger charge is 2.51. The number of benzene rings is 12. The zero-order chi connectivity index (χ0) is 64.9. The van der Waals surface area contributed by atoms with Crippen LogP contribution < -0.4 is 5.46 Å². The molecule has 0 N–H and O–H groups in total. The van der Waals surface area contributed by atoms with Crippen LogP contribution >= 0.6 is 11.6 Å². The maximum absolute atomic E-state index is 6.29. The van der Waals surface area contributed by atoms with Gasteiger partial charge in [0.2, 0.25) is 0 Å². The molecule has 0 spiro atoms. The van der Waals surface area contributed by atoms with Crippen molar-refractivity contribution in [3.63, 3.8) is 0 Å². The first-order valence-corrected chi connectivity index (χ1v) is 32.6. The van der Waals surface area contributed by atoms with Crippen LogP contribution in [0, 0.1) is 0 Å². The van der Waals surface area contributed by atoms with E-state index in [0.717, 1.165) is 72.5 Å². The van der Waals surface area contributed by atoms with Crippen molar-refractivity contribution in [1.82, 2.24) is 39.0 Å². The van der Waals surface area contributed by atoms with Crippen molar-refractivity contribution in [3.8, 4) is 102 Å². The Balaban J connectivity index is 0.000000153. The molecule has 1 fully saturated rings. The van der Waals surface area contributed by atoms with Gasteiger partial charge in [-0.1, -0.05) is 230 Å². The molecule has 0 atom stereocenters. The minimum atomic E-state index is -0.436. The van der Waals surface area contributed by atoms with Crippen molar-refractivity contribution in [2.45, 2.75) is 38.9 Å².